The monoisotopic (exact) mass is 541 g/mol. The molecular weight excluding hydrogens is 523 g/mol. The van der Waals surface area contributed by atoms with Crippen LogP contribution in [0.3, 0.4) is 0 Å². The summed E-state index contributed by atoms with van der Waals surface area (Å²) in [6, 6.07) is 5.65. The molecule has 1 aromatic carbocycles. The smallest absolute Gasteiger partial charge is 0.275 e. The van der Waals surface area contributed by atoms with Crippen LogP contribution in [0.25, 0.3) is 11.3 Å². The zero-order valence-electron chi connectivity index (χ0n) is 19.6. The van der Waals surface area contributed by atoms with Crippen molar-refractivity contribution in [2.45, 2.75) is 25.8 Å². The van der Waals surface area contributed by atoms with Crippen LogP contribution in [0.15, 0.2) is 55.2 Å². The first-order chi connectivity index (χ1) is 18.3. The Morgan fingerprint density at radius 3 is 2.68 bits per heavy atom. The number of nitrogens with zero attached hydrogens (tertiary/aromatic N) is 6. The number of nitrogens with one attached hydrogen (secondary N) is 1. The van der Waals surface area contributed by atoms with E-state index in [9.17, 15) is 22.8 Å². The molecule has 0 unspecified atom stereocenters. The number of halogens is 4. The second-order valence-corrected chi connectivity index (χ2v) is 8.88. The number of hydrogen-bond donors (Lipinski definition) is 1. The first-order valence-electron chi connectivity index (χ1n) is 11.5. The van der Waals surface area contributed by atoms with Gasteiger partial charge in [-0.05, 0) is 24.1 Å². The van der Waals surface area contributed by atoms with Crippen LogP contribution in [0.1, 0.15) is 40.9 Å². The van der Waals surface area contributed by atoms with E-state index in [-0.39, 0.29) is 22.3 Å². The molecule has 194 valence electrons. The fraction of sp³-hybridized carbons (Fsp3) is 0.200. The van der Waals surface area contributed by atoms with Gasteiger partial charge in [-0.25, -0.2) is 23.1 Å². The summed E-state index contributed by atoms with van der Waals surface area (Å²) in [5.74, 6) is -1.11. The van der Waals surface area contributed by atoms with E-state index in [1.165, 1.54) is 6.20 Å². The van der Waals surface area contributed by atoms with Gasteiger partial charge in [0.1, 0.15) is 11.5 Å². The molecule has 1 N–H and O–H groups in total. The maximum absolute atomic E-state index is 14.6. The van der Waals surface area contributed by atoms with Crippen LogP contribution in [-0.2, 0) is 11.3 Å². The zero-order valence-corrected chi connectivity index (χ0v) is 20.4. The van der Waals surface area contributed by atoms with Crippen LogP contribution >= 0.6 is 11.6 Å². The Balaban J connectivity index is 1.28. The normalized spacial score (nSPS) is 13.4. The Morgan fingerprint density at radius 1 is 1.13 bits per heavy atom. The van der Waals surface area contributed by atoms with Crippen LogP contribution in [0.4, 0.5) is 24.7 Å². The molecule has 0 bridgehead atoms. The molecular formula is C25H19ClF3N7O2. The van der Waals surface area contributed by atoms with Gasteiger partial charge in [-0.3, -0.25) is 24.2 Å². The molecule has 38 heavy (non-hydrogen) atoms. The van der Waals surface area contributed by atoms with Gasteiger partial charge < -0.3 is 5.32 Å². The van der Waals surface area contributed by atoms with Crippen molar-refractivity contribution in [3.63, 3.8) is 0 Å². The third kappa shape index (κ3) is 5.21. The van der Waals surface area contributed by atoms with Gasteiger partial charge in [0.25, 0.3) is 12.3 Å². The predicted octanol–water partition coefficient (Wildman–Crippen LogP) is 4.89. The standard InChI is InChI=1S/C25H19ClF3N7O2/c26-17-5-4-16(24(28)29)22(23(17)27)18-10-30-11-19(34-18)25(38)33-15-9-32-35(13-15)12-14-3-6-20(31-8-14)36-7-1-2-21(36)37/h3-6,8-11,13,24H,1-2,7,12H2,(H,33,38). The molecule has 0 aliphatic carbocycles. The molecule has 0 saturated carbocycles. The maximum atomic E-state index is 14.6. The van der Waals surface area contributed by atoms with E-state index in [0.29, 0.717) is 31.0 Å². The first kappa shape index (κ1) is 25.3. The molecule has 0 spiro atoms. The average Bonchev–Trinajstić information content (AvgIpc) is 3.54. The van der Waals surface area contributed by atoms with Crippen LogP contribution in [0, 0.1) is 5.82 Å². The molecule has 1 fully saturated rings. The van der Waals surface area contributed by atoms with Crippen molar-refractivity contribution >= 4 is 34.9 Å². The minimum absolute atomic E-state index is 0.0556. The summed E-state index contributed by atoms with van der Waals surface area (Å²) in [6.45, 7) is 1.01. The van der Waals surface area contributed by atoms with Gasteiger partial charge in [0.2, 0.25) is 5.91 Å². The summed E-state index contributed by atoms with van der Waals surface area (Å²) in [5.41, 5.74) is -0.429. The highest BCUT2D eigenvalue weighted by Gasteiger charge is 2.24. The largest absolute Gasteiger partial charge is 0.318 e. The van der Waals surface area contributed by atoms with Crippen LogP contribution in [0.5, 0.6) is 0 Å². The minimum atomic E-state index is -2.99. The number of rotatable bonds is 7. The van der Waals surface area contributed by atoms with Crippen molar-refractivity contribution in [3.8, 4) is 11.3 Å². The average molecular weight is 542 g/mol. The molecule has 9 nitrogen and oxygen atoms in total. The molecule has 2 amide bonds. The SMILES string of the molecule is O=C(Nc1cnn(Cc2ccc(N3CCCC3=O)nc2)c1)c1cncc(-c2c(C(F)F)ccc(Cl)c2F)n1. The Bertz CT molecular complexity index is 1510. The molecule has 0 atom stereocenters. The molecule has 1 aliphatic heterocycles. The Kier molecular flexibility index (Phi) is 7.05. The van der Waals surface area contributed by atoms with Gasteiger partial charge in [0.15, 0.2) is 5.82 Å². The summed E-state index contributed by atoms with van der Waals surface area (Å²) in [7, 11) is 0. The minimum Gasteiger partial charge on any atom is -0.318 e. The summed E-state index contributed by atoms with van der Waals surface area (Å²) >= 11 is 5.78. The second-order valence-electron chi connectivity index (χ2n) is 8.47. The van der Waals surface area contributed by atoms with E-state index < -0.39 is 29.3 Å². The van der Waals surface area contributed by atoms with E-state index in [4.69, 9.17) is 11.6 Å². The van der Waals surface area contributed by atoms with Gasteiger partial charge in [0, 0.05) is 36.5 Å². The van der Waals surface area contributed by atoms with Gasteiger partial charge in [-0.15, -0.1) is 0 Å². The van der Waals surface area contributed by atoms with Crippen molar-refractivity contribution in [1.82, 2.24) is 24.7 Å². The van der Waals surface area contributed by atoms with E-state index in [1.807, 2.05) is 6.07 Å². The number of amides is 2. The Morgan fingerprint density at radius 2 is 1.97 bits per heavy atom. The van der Waals surface area contributed by atoms with Crippen molar-refractivity contribution in [2.24, 2.45) is 0 Å². The number of anilines is 2. The van der Waals surface area contributed by atoms with Crippen molar-refractivity contribution in [2.75, 3.05) is 16.8 Å². The number of carbonyl (C=O) groups is 2. The summed E-state index contributed by atoms with van der Waals surface area (Å²) in [4.78, 5) is 38.6. The number of alkyl halides is 2. The van der Waals surface area contributed by atoms with E-state index >= 15 is 0 Å². The quantitative estimate of drug-likeness (QED) is 0.357. The molecule has 1 aliphatic rings. The lowest BCUT2D eigenvalue weighted by atomic mass is 10.0. The van der Waals surface area contributed by atoms with Gasteiger partial charge in [0.05, 0.1) is 41.5 Å². The predicted molar refractivity (Wildman–Crippen MR) is 132 cm³/mol. The number of pyridine rings is 1. The van der Waals surface area contributed by atoms with Crippen LogP contribution < -0.4 is 10.2 Å². The summed E-state index contributed by atoms with van der Waals surface area (Å²) in [5, 5.41) is 6.46. The molecule has 4 heterocycles. The molecule has 3 aromatic heterocycles. The number of benzene rings is 1. The third-order valence-corrected chi connectivity index (χ3v) is 6.17. The highest BCUT2D eigenvalue weighted by Crippen LogP contribution is 2.35. The Labute approximate surface area is 219 Å². The van der Waals surface area contributed by atoms with E-state index in [0.717, 1.165) is 36.5 Å². The molecule has 1 saturated heterocycles. The fourth-order valence-corrected chi connectivity index (χ4v) is 4.22. The van der Waals surface area contributed by atoms with Crippen LogP contribution in [0.2, 0.25) is 5.02 Å². The summed E-state index contributed by atoms with van der Waals surface area (Å²) < 4.78 is 43.1. The second kappa shape index (κ2) is 10.6. The van der Waals surface area contributed by atoms with Crippen molar-refractivity contribution < 1.29 is 22.8 Å². The molecule has 0 radical (unpaired) electrons. The van der Waals surface area contributed by atoms with Crippen LogP contribution in [-0.4, -0.2) is 43.1 Å². The highest BCUT2D eigenvalue weighted by molar-refractivity contribution is 6.31. The van der Waals surface area contributed by atoms with E-state index in [1.54, 1.807) is 28.0 Å². The summed E-state index contributed by atoms with van der Waals surface area (Å²) in [6.07, 6.45) is 5.22. The zero-order chi connectivity index (χ0) is 26.8. The van der Waals surface area contributed by atoms with Gasteiger partial charge in [-0.2, -0.15) is 5.10 Å². The Hall–Kier alpha value is -4.32. The lowest BCUT2D eigenvalue weighted by Crippen LogP contribution is -2.24. The van der Waals surface area contributed by atoms with Gasteiger partial charge >= 0.3 is 0 Å². The molecule has 13 heteroatoms. The van der Waals surface area contributed by atoms with Gasteiger partial charge in [-0.1, -0.05) is 23.7 Å². The van der Waals surface area contributed by atoms with E-state index in [2.05, 4.69) is 25.4 Å². The number of hydrogen-bond acceptors (Lipinski definition) is 6. The third-order valence-electron chi connectivity index (χ3n) is 5.88. The topological polar surface area (TPSA) is 106 Å². The van der Waals surface area contributed by atoms with Crippen molar-refractivity contribution in [1.29, 1.82) is 0 Å². The highest BCUT2D eigenvalue weighted by atomic mass is 35.5. The number of aromatic nitrogens is 5. The lowest BCUT2D eigenvalue weighted by Gasteiger charge is -2.14. The maximum Gasteiger partial charge on any atom is 0.275 e. The lowest BCUT2D eigenvalue weighted by molar-refractivity contribution is -0.117. The number of carbonyl (C=O) groups excluding carboxylic acids is 2. The van der Waals surface area contributed by atoms with Crippen molar-refractivity contribution in [3.05, 3.63) is 82.9 Å². The molecule has 4 aromatic rings. The molecule has 5 rings (SSSR count). The fourth-order valence-electron chi connectivity index (χ4n) is 4.06. The first-order valence-corrected chi connectivity index (χ1v) is 11.9.